The average molecular weight is 214 g/mol. The van der Waals surface area contributed by atoms with Crippen molar-refractivity contribution in [1.29, 1.82) is 0 Å². The van der Waals surface area contributed by atoms with Gasteiger partial charge in [-0.3, -0.25) is 4.79 Å². The van der Waals surface area contributed by atoms with Gasteiger partial charge in [-0.2, -0.15) is 0 Å². The van der Waals surface area contributed by atoms with E-state index in [1.807, 2.05) is 0 Å². The highest BCUT2D eigenvalue weighted by Gasteiger charge is 2.03. The molecule has 1 rings (SSSR count). The zero-order valence-corrected chi connectivity index (χ0v) is 8.89. The van der Waals surface area contributed by atoms with Crippen LogP contribution in [0, 0.1) is 0 Å². The van der Waals surface area contributed by atoms with Crippen LogP contribution in [0.15, 0.2) is 18.2 Å². The highest BCUT2D eigenvalue weighted by molar-refractivity contribution is 6.32. The molecule has 4 heteroatoms. The molecule has 0 aliphatic carbocycles. The number of carbonyl (C=O) groups excluding carboxylic acids is 1. The number of amides is 1. The molecule has 0 heterocycles. The molecule has 0 aliphatic rings. The van der Waals surface area contributed by atoms with Gasteiger partial charge in [0, 0.05) is 12.1 Å². The molecule has 0 fully saturated rings. The molecule has 3 nitrogen and oxygen atoms in total. The Hall–Kier alpha value is -1.22. The zero-order valence-electron chi connectivity index (χ0n) is 8.13. The number of carbonyl (C=O) groups is 1. The summed E-state index contributed by atoms with van der Waals surface area (Å²) in [5.41, 5.74) is 0.683. The predicted octanol–water partition coefficient (Wildman–Crippen LogP) is 2.70. The first kappa shape index (κ1) is 10.9. The Morgan fingerprint density at radius 1 is 1.57 bits per heavy atom. The summed E-state index contributed by atoms with van der Waals surface area (Å²) in [5, 5.41) is 3.19. The highest BCUT2D eigenvalue weighted by Crippen LogP contribution is 2.27. The molecular formula is C10H12ClNO2. The minimum Gasteiger partial charge on any atom is -0.495 e. The van der Waals surface area contributed by atoms with Gasteiger partial charge in [0.15, 0.2) is 0 Å². The van der Waals surface area contributed by atoms with E-state index in [2.05, 4.69) is 5.32 Å². The van der Waals surface area contributed by atoms with Crippen molar-refractivity contribution in [2.24, 2.45) is 0 Å². The molecule has 14 heavy (non-hydrogen) atoms. The summed E-state index contributed by atoms with van der Waals surface area (Å²) in [7, 11) is 1.55. The van der Waals surface area contributed by atoms with Gasteiger partial charge in [0.2, 0.25) is 5.91 Å². The van der Waals surface area contributed by atoms with E-state index in [4.69, 9.17) is 16.3 Å². The van der Waals surface area contributed by atoms with Crippen LogP contribution in [-0.2, 0) is 4.79 Å². The lowest BCUT2D eigenvalue weighted by Crippen LogP contribution is -2.09. The Labute approximate surface area is 88.0 Å². The topological polar surface area (TPSA) is 38.3 Å². The van der Waals surface area contributed by atoms with Crippen molar-refractivity contribution in [1.82, 2.24) is 0 Å². The molecule has 0 atom stereocenters. The summed E-state index contributed by atoms with van der Waals surface area (Å²) in [6.07, 6.45) is 0.448. The number of rotatable bonds is 3. The Balaban J connectivity index is 2.81. The van der Waals surface area contributed by atoms with E-state index in [1.54, 1.807) is 32.2 Å². The number of hydrogen-bond acceptors (Lipinski definition) is 2. The lowest BCUT2D eigenvalue weighted by Gasteiger charge is -2.06. The monoisotopic (exact) mass is 213 g/mol. The summed E-state index contributed by atoms with van der Waals surface area (Å²) in [4.78, 5) is 11.1. The van der Waals surface area contributed by atoms with Gasteiger partial charge in [0.05, 0.1) is 12.1 Å². The molecule has 76 valence electrons. The quantitative estimate of drug-likeness (QED) is 0.839. The van der Waals surface area contributed by atoms with E-state index >= 15 is 0 Å². The van der Waals surface area contributed by atoms with Crippen molar-refractivity contribution < 1.29 is 9.53 Å². The number of nitrogens with one attached hydrogen (secondary N) is 1. The van der Waals surface area contributed by atoms with Gasteiger partial charge >= 0.3 is 0 Å². The van der Waals surface area contributed by atoms with Crippen LogP contribution in [0.25, 0.3) is 0 Å². The fraction of sp³-hybridized carbons (Fsp3) is 0.300. The number of ether oxygens (including phenoxy) is 1. The third kappa shape index (κ3) is 2.64. The molecule has 0 spiro atoms. The average Bonchev–Trinajstić information content (AvgIpc) is 2.18. The van der Waals surface area contributed by atoms with Crippen molar-refractivity contribution >= 4 is 23.2 Å². The van der Waals surface area contributed by atoms with Crippen LogP contribution in [0.3, 0.4) is 0 Å². The molecule has 0 bridgehead atoms. The van der Waals surface area contributed by atoms with E-state index < -0.39 is 0 Å². The minimum atomic E-state index is -0.0359. The molecule has 1 aromatic carbocycles. The Morgan fingerprint density at radius 2 is 2.29 bits per heavy atom. The van der Waals surface area contributed by atoms with Crippen molar-refractivity contribution in [3.8, 4) is 5.75 Å². The molecule has 0 aromatic heterocycles. The molecule has 1 aromatic rings. The van der Waals surface area contributed by atoms with E-state index in [9.17, 15) is 4.79 Å². The van der Waals surface area contributed by atoms with Gasteiger partial charge in [-0.25, -0.2) is 0 Å². The smallest absolute Gasteiger partial charge is 0.224 e. The third-order valence-electron chi connectivity index (χ3n) is 1.76. The van der Waals surface area contributed by atoms with Gasteiger partial charge in [-0.05, 0) is 18.2 Å². The first-order chi connectivity index (χ1) is 6.67. The van der Waals surface area contributed by atoms with Crippen molar-refractivity contribution in [3.05, 3.63) is 23.2 Å². The Morgan fingerprint density at radius 3 is 2.79 bits per heavy atom. The van der Waals surface area contributed by atoms with Crippen LogP contribution in [0.2, 0.25) is 5.02 Å². The SMILES string of the molecule is CCC(=O)Nc1ccc(OC)c(Cl)c1. The van der Waals surface area contributed by atoms with E-state index in [0.717, 1.165) is 0 Å². The third-order valence-corrected chi connectivity index (χ3v) is 2.05. The number of hydrogen-bond donors (Lipinski definition) is 1. The van der Waals surface area contributed by atoms with E-state index in [-0.39, 0.29) is 5.91 Å². The molecule has 0 saturated heterocycles. The number of benzene rings is 1. The van der Waals surface area contributed by atoms with Crippen molar-refractivity contribution in [2.75, 3.05) is 12.4 Å². The lowest BCUT2D eigenvalue weighted by atomic mass is 10.3. The van der Waals surface area contributed by atoms with Gasteiger partial charge in [0.1, 0.15) is 5.75 Å². The number of methoxy groups -OCH3 is 1. The predicted molar refractivity (Wildman–Crippen MR) is 56.9 cm³/mol. The second-order valence-corrected chi connectivity index (χ2v) is 3.16. The van der Waals surface area contributed by atoms with Gasteiger partial charge in [0.25, 0.3) is 0 Å². The normalized spacial score (nSPS) is 9.64. The molecule has 1 N–H and O–H groups in total. The zero-order chi connectivity index (χ0) is 10.6. The second kappa shape index (κ2) is 4.86. The fourth-order valence-corrected chi connectivity index (χ4v) is 1.25. The Bertz CT molecular complexity index is 339. The largest absolute Gasteiger partial charge is 0.495 e. The van der Waals surface area contributed by atoms with Crippen molar-refractivity contribution in [3.63, 3.8) is 0 Å². The van der Waals surface area contributed by atoms with Crippen LogP contribution >= 0.6 is 11.6 Å². The summed E-state index contributed by atoms with van der Waals surface area (Å²) in [6.45, 7) is 1.79. The van der Waals surface area contributed by atoms with E-state index in [1.165, 1.54) is 0 Å². The summed E-state index contributed by atoms with van der Waals surface area (Å²) < 4.78 is 4.99. The van der Waals surface area contributed by atoms with Crippen LogP contribution in [0.1, 0.15) is 13.3 Å². The maximum Gasteiger partial charge on any atom is 0.224 e. The second-order valence-electron chi connectivity index (χ2n) is 2.75. The molecule has 0 radical (unpaired) electrons. The first-order valence-electron chi connectivity index (χ1n) is 4.30. The fourth-order valence-electron chi connectivity index (χ4n) is 0.994. The first-order valence-corrected chi connectivity index (χ1v) is 4.68. The van der Waals surface area contributed by atoms with Crippen molar-refractivity contribution in [2.45, 2.75) is 13.3 Å². The molecule has 0 aliphatic heterocycles. The van der Waals surface area contributed by atoms with Crippen LogP contribution in [0.4, 0.5) is 5.69 Å². The molecule has 0 unspecified atom stereocenters. The van der Waals surface area contributed by atoms with Crippen LogP contribution < -0.4 is 10.1 Å². The standard InChI is InChI=1S/C10H12ClNO2/c1-3-10(13)12-7-4-5-9(14-2)8(11)6-7/h4-6H,3H2,1-2H3,(H,12,13). The summed E-state index contributed by atoms with van der Waals surface area (Å²) in [6, 6.07) is 5.12. The van der Waals surface area contributed by atoms with Gasteiger partial charge in [-0.1, -0.05) is 18.5 Å². The minimum absolute atomic E-state index is 0.0359. The number of halogens is 1. The summed E-state index contributed by atoms with van der Waals surface area (Å²) >= 11 is 5.88. The molecular weight excluding hydrogens is 202 g/mol. The lowest BCUT2D eigenvalue weighted by molar-refractivity contribution is -0.115. The maximum absolute atomic E-state index is 11.1. The van der Waals surface area contributed by atoms with Gasteiger partial charge < -0.3 is 10.1 Å². The van der Waals surface area contributed by atoms with Crippen LogP contribution in [-0.4, -0.2) is 13.0 Å². The van der Waals surface area contributed by atoms with Crippen LogP contribution in [0.5, 0.6) is 5.75 Å². The maximum atomic E-state index is 11.1. The molecule has 0 saturated carbocycles. The van der Waals surface area contributed by atoms with Gasteiger partial charge in [-0.15, -0.1) is 0 Å². The number of anilines is 1. The molecule has 1 amide bonds. The highest BCUT2D eigenvalue weighted by atomic mass is 35.5. The Kier molecular flexibility index (Phi) is 3.77. The van der Waals surface area contributed by atoms with E-state index in [0.29, 0.717) is 22.9 Å². The summed E-state index contributed by atoms with van der Waals surface area (Å²) in [5.74, 6) is 0.562.